The number of rotatable bonds is 9. The van der Waals surface area contributed by atoms with E-state index in [1.807, 2.05) is 36.4 Å². The molecule has 0 aliphatic heterocycles. The SMILES string of the molecule is COc1ccccc1N(C(=O)CCCl)[C@@H](C#N)c1ccc(OCc2ccccc2)cc1. The first kappa shape index (κ1) is 22.2. The number of anilines is 1. The molecule has 6 heteroatoms. The van der Waals surface area contributed by atoms with Gasteiger partial charge in [0.25, 0.3) is 0 Å². The fourth-order valence-corrected chi connectivity index (χ4v) is 3.38. The third-order valence-corrected chi connectivity index (χ3v) is 4.94. The molecule has 0 aromatic heterocycles. The monoisotopic (exact) mass is 434 g/mol. The molecular weight excluding hydrogens is 412 g/mol. The number of carbonyl (C=O) groups excluding carboxylic acids is 1. The maximum atomic E-state index is 12.9. The number of benzene rings is 3. The zero-order valence-electron chi connectivity index (χ0n) is 17.2. The highest BCUT2D eigenvalue weighted by Gasteiger charge is 2.28. The van der Waals surface area contributed by atoms with Crippen molar-refractivity contribution in [1.82, 2.24) is 0 Å². The minimum Gasteiger partial charge on any atom is -0.495 e. The second kappa shape index (κ2) is 11.1. The summed E-state index contributed by atoms with van der Waals surface area (Å²) in [5, 5.41) is 9.96. The molecule has 0 saturated heterocycles. The van der Waals surface area contributed by atoms with Crippen molar-refractivity contribution in [3.63, 3.8) is 0 Å². The molecule has 0 aliphatic carbocycles. The van der Waals surface area contributed by atoms with E-state index in [4.69, 9.17) is 21.1 Å². The van der Waals surface area contributed by atoms with Crippen molar-refractivity contribution in [2.24, 2.45) is 0 Å². The summed E-state index contributed by atoms with van der Waals surface area (Å²) in [6.07, 6.45) is 0.107. The maximum absolute atomic E-state index is 12.9. The van der Waals surface area contributed by atoms with Gasteiger partial charge in [-0.1, -0.05) is 54.6 Å². The third kappa shape index (κ3) is 5.56. The van der Waals surface area contributed by atoms with Crippen LogP contribution >= 0.6 is 11.6 Å². The van der Waals surface area contributed by atoms with Crippen molar-refractivity contribution < 1.29 is 14.3 Å². The van der Waals surface area contributed by atoms with Gasteiger partial charge in [0.2, 0.25) is 5.91 Å². The lowest BCUT2D eigenvalue weighted by Crippen LogP contribution is -2.34. The van der Waals surface area contributed by atoms with E-state index in [0.717, 1.165) is 5.56 Å². The molecule has 0 bridgehead atoms. The number of nitriles is 1. The van der Waals surface area contributed by atoms with Gasteiger partial charge in [-0.15, -0.1) is 11.6 Å². The molecule has 5 nitrogen and oxygen atoms in total. The molecule has 3 aromatic carbocycles. The largest absolute Gasteiger partial charge is 0.495 e. The average Bonchev–Trinajstić information content (AvgIpc) is 2.82. The number of para-hydroxylation sites is 2. The summed E-state index contributed by atoms with van der Waals surface area (Å²) in [5.41, 5.74) is 2.26. The molecule has 3 rings (SSSR count). The lowest BCUT2D eigenvalue weighted by Gasteiger charge is -2.29. The molecule has 31 heavy (non-hydrogen) atoms. The summed E-state index contributed by atoms with van der Waals surface area (Å²) in [6.45, 7) is 0.448. The Morgan fingerprint density at radius 1 is 1.03 bits per heavy atom. The predicted molar refractivity (Wildman–Crippen MR) is 121 cm³/mol. The summed E-state index contributed by atoms with van der Waals surface area (Å²) in [7, 11) is 1.53. The Labute approximate surface area is 187 Å². The molecule has 1 atom stereocenters. The fourth-order valence-electron chi connectivity index (χ4n) is 3.22. The topological polar surface area (TPSA) is 62.6 Å². The summed E-state index contributed by atoms with van der Waals surface area (Å²) in [4.78, 5) is 14.4. The van der Waals surface area contributed by atoms with Crippen LogP contribution < -0.4 is 14.4 Å². The second-order valence-electron chi connectivity index (χ2n) is 6.75. The first-order valence-electron chi connectivity index (χ1n) is 9.85. The Kier molecular flexibility index (Phi) is 7.91. The number of alkyl halides is 1. The van der Waals surface area contributed by atoms with Gasteiger partial charge in [0.1, 0.15) is 24.1 Å². The highest BCUT2D eigenvalue weighted by atomic mass is 35.5. The molecule has 0 radical (unpaired) electrons. The maximum Gasteiger partial charge on any atom is 0.229 e. The van der Waals surface area contributed by atoms with Crippen molar-refractivity contribution in [2.75, 3.05) is 17.9 Å². The van der Waals surface area contributed by atoms with E-state index in [2.05, 4.69) is 6.07 Å². The Bertz CT molecular complexity index is 1030. The number of nitrogens with zero attached hydrogens (tertiary/aromatic N) is 2. The fraction of sp³-hybridized carbons (Fsp3) is 0.200. The van der Waals surface area contributed by atoms with E-state index >= 15 is 0 Å². The Balaban J connectivity index is 1.86. The Morgan fingerprint density at radius 3 is 2.35 bits per heavy atom. The summed E-state index contributed by atoms with van der Waals surface area (Å²) in [6, 6.07) is 25.6. The van der Waals surface area contributed by atoms with Crippen LogP contribution in [0.25, 0.3) is 0 Å². The second-order valence-corrected chi connectivity index (χ2v) is 7.13. The van der Waals surface area contributed by atoms with Crippen LogP contribution in [0.15, 0.2) is 78.9 Å². The minimum atomic E-state index is -0.838. The van der Waals surface area contributed by atoms with Gasteiger partial charge in [0.15, 0.2) is 0 Å². The first-order chi connectivity index (χ1) is 15.2. The zero-order chi connectivity index (χ0) is 22.1. The number of hydrogen-bond acceptors (Lipinski definition) is 4. The van der Waals surface area contributed by atoms with Crippen molar-refractivity contribution in [1.29, 1.82) is 5.26 Å². The highest BCUT2D eigenvalue weighted by molar-refractivity contribution is 6.19. The van der Waals surface area contributed by atoms with Gasteiger partial charge < -0.3 is 9.47 Å². The molecule has 1 amide bonds. The van der Waals surface area contributed by atoms with Crippen LogP contribution in [0.4, 0.5) is 5.69 Å². The molecule has 0 spiro atoms. The van der Waals surface area contributed by atoms with Gasteiger partial charge in [-0.2, -0.15) is 5.26 Å². The smallest absolute Gasteiger partial charge is 0.229 e. The van der Waals surface area contributed by atoms with Crippen LogP contribution in [0.3, 0.4) is 0 Å². The normalized spacial score (nSPS) is 11.3. The lowest BCUT2D eigenvalue weighted by molar-refractivity contribution is -0.118. The predicted octanol–water partition coefficient (Wildman–Crippen LogP) is 5.50. The van der Waals surface area contributed by atoms with E-state index in [9.17, 15) is 10.1 Å². The molecule has 0 fully saturated rings. The third-order valence-electron chi connectivity index (χ3n) is 4.75. The van der Waals surface area contributed by atoms with E-state index in [1.165, 1.54) is 12.0 Å². The highest BCUT2D eigenvalue weighted by Crippen LogP contribution is 2.35. The summed E-state index contributed by atoms with van der Waals surface area (Å²) in [5.74, 6) is 1.10. The van der Waals surface area contributed by atoms with Crippen molar-refractivity contribution in [3.8, 4) is 17.6 Å². The number of hydrogen-bond donors (Lipinski definition) is 0. The van der Waals surface area contributed by atoms with Crippen molar-refractivity contribution in [2.45, 2.75) is 19.1 Å². The van der Waals surface area contributed by atoms with Gasteiger partial charge in [-0.05, 0) is 35.4 Å². The van der Waals surface area contributed by atoms with E-state index < -0.39 is 6.04 Å². The Morgan fingerprint density at radius 2 is 1.71 bits per heavy atom. The molecule has 0 saturated carbocycles. The van der Waals surface area contributed by atoms with Crippen molar-refractivity contribution >= 4 is 23.2 Å². The van der Waals surface area contributed by atoms with Crippen LogP contribution in [0, 0.1) is 11.3 Å². The standard InChI is InChI=1S/C25H23ClN2O3/c1-30-24-10-6-5-9-22(24)28(25(29)15-16-26)23(17-27)20-11-13-21(14-12-20)31-18-19-7-3-2-4-8-19/h2-14,23H,15-16,18H2,1H3/t23-/m0/s1. The van der Waals surface area contributed by atoms with Gasteiger partial charge >= 0.3 is 0 Å². The van der Waals surface area contributed by atoms with Gasteiger partial charge in [-0.3, -0.25) is 9.69 Å². The molecule has 0 unspecified atom stereocenters. The number of ether oxygens (including phenoxy) is 2. The van der Waals surface area contributed by atoms with Crippen LogP contribution in [0.1, 0.15) is 23.6 Å². The quantitative estimate of drug-likeness (QED) is 0.417. The van der Waals surface area contributed by atoms with Crippen LogP contribution in [-0.4, -0.2) is 18.9 Å². The van der Waals surface area contributed by atoms with Crippen LogP contribution in [0.2, 0.25) is 0 Å². The number of halogens is 1. The van der Waals surface area contributed by atoms with Gasteiger partial charge in [-0.25, -0.2) is 0 Å². The minimum absolute atomic E-state index is 0.107. The molecule has 0 N–H and O–H groups in total. The molecular formula is C25H23ClN2O3. The van der Waals surface area contributed by atoms with E-state index in [1.54, 1.807) is 42.5 Å². The van der Waals surface area contributed by atoms with E-state index in [-0.39, 0.29) is 18.2 Å². The Hall–Kier alpha value is -3.49. The van der Waals surface area contributed by atoms with E-state index in [0.29, 0.717) is 29.4 Å². The number of methoxy groups -OCH3 is 1. The molecule has 3 aromatic rings. The average molecular weight is 435 g/mol. The molecule has 0 aliphatic rings. The summed E-state index contributed by atoms with van der Waals surface area (Å²) >= 11 is 5.82. The first-order valence-corrected chi connectivity index (χ1v) is 10.4. The van der Waals surface area contributed by atoms with Crippen LogP contribution in [0.5, 0.6) is 11.5 Å². The lowest BCUT2D eigenvalue weighted by atomic mass is 10.0. The molecule has 158 valence electrons. The van der Waals surface area contributed by atoms with Crippen LogP contribution in [-0.2, 0) is 11.4 Å². The van der Waals surface area contributed by atoms with Crippen molar-refractivity contribution in [3.05, 3.63) is 90.0 Å². The summed E-state index contributed by atoms with van der Waals surface area (Å²) < 4.78 is 11.2. The zero-order valence-corrected chi connectivity index (χ0v) is 18.0. The number of carbonyl (C=O) groups is 1. The number of amides is 1. The molecule has 0 heterocycles. The van der Waals surface area contributed by atoms with Gasteiger partial charge in [0.05, 0.1) is 18.9 Å². The van der Waals surface area contributed by atoms with Gasteiger partial charge in [0, 0.05) is 12.3 Å².